The van der Waals surface area contributed by atoms with Gasteiger partial charge >= 0.3 is 0 Å². The fourth-order valence-corrected chi connectivity index (χ4v) is 4.53. The van der Waals surface area contributed by atoms with E-state index in [0.29, 0.717) is 64.3 Å². The van der Waals surface area contributed by atoms with E-state index in [-0.39, 0.29) is 17.2 Å². The lowest BCUT2D eigenvalue weighted by molar-refractivity contribution is 0.0591. The number of carbonyl (C=O) groups excluding carboxylic acids is 1. The first-order chi connectivity index (χ1) is 17.0. The number of piperazine rings is 1. The Kier molecular flexibility index (Phi) is 6.14. The van der Waals surface area contributed by atoms with E-state index in [0.717, 1.165) is 19.6 Å². The quantitative estimate of drug-likeness (QED) is 0.388. The van der Waals surface area contributed by atoms with E-state index >= 15 is 0 Å². The molecule has 0 aliphatic carbocycles. The molecule has 4 N–H and O–H groups in total. The number of ether oxygens (including phenoxy) is 2. The minimum Gasteiger partial charge on any atom is -0.496 e. The van der Waals surface area contributed by atoms with Crippen molar-refractivity contribution in [3.05, 3.63) is 52.3 Å². The molecule has 1 saturated heterocycles. The number of aromatic nitrogens is 3. The summed E-state index contributed by atoms with van der Waals surface area (Å²) >= 11 is 0. The van der Waals surface area contributed by atoms with Crippen LogP contribution < -0.4 is 16.0 Å². The lowest BCUT2D eigenvalue weighted by Gasteiger charge is -2.34. The highest BCUT2D eigenvalue weighted by molar-refractivity contribution is 6.06. The summed E-state index contributed by atoms with van der Waals surface area (Å²) in [7, 11) is 3.22. The molecular weight excluding hydrogens is 448 g/mol. The Morgan fingerprint density at radius 3 is 2.60 bits per heavy atom. The summed E-state index contributed by atoms with van der Waals surface area (Å²) in [5.74, 6) is 0.330. The number of aromatic amines is 2. The minimum absolute atomic E-state index is 0.112. The third kappa shape index (κ3) is 4.22. The van der Waals surface area contributed by atoms with Gasteiger partial charge in [-0.3, -0.25) is 14.5 Å². The summed E-state index contributed by atoms with van der Waals surface area (Å²) in [6.07, 6.45) is 0. The van der Waals surface area contributed by atoms with E-state index < -0.39 is 0 Å². The van der Waals surface area contributed by atoms with Crippen molar-refractivity contribution in [1.29, 1.82) is 0 Å². The van der Waals surface area contributed by atoms with Crippen LogP contribution in [0.1, 0.15) is 10.4 Å². The number of nitrogens with two attached hydrogens (primary N) is 1. The maximum atomic E-state index is 13.4. The smallest absolute Gasteiger partial charge is 0.276 e. The first-order valence-electron chi connectivity index (χ1n) is 11.5. The Labute approximate surface area is 201 Å². The fraction of sp³-hybridized carbons (Fsp3) is 0.320. The van der Waals surface area contributed by atoms with Crippen LogP contribution in [0.3, 0.4) is 0 Å². The number of hydrogen-bond donors (Lipinski definition) is 3. The highest BCUT2D eigenvalue weighted by atomic mass is 16.5. The molecule has 3 heterocycles. The maximum Gasteiger partial charge on any atom is 0.276 e. The van der Waals surface area contributed by atoms with Gasteiger partial charge in [0, 0.05) is 51.3 Å². The van der Waals surface area contributed by atoms with Crippen molar-refractivity contribution in [2.24, 2.45) is 0 Å². The van der Waals surface area contributed by atoms with Crippen LogP contribution in [0.5, 0.6) is 5.75 Å². The number of amides is 1. The molecule has 0 radical (unpaired) electrons. The maximum absolute atomic E-state index is 13.4. The van der Waals surface area contributed by atoms with Gasteiger partial charge in [0.05, 0.1) is 47.2 Å². The van der Waals surface area contributed by atoms with Gasteiger partial charge < -0.3 is 30.1 Å². The predicted octanol–water partition coefficient (Wildman–Crippen LogP) is 2.07. The number of nitrogens with one attached hydrogen (secondary N) is 2. The second-order valence-electron chi connectivity index (χ2n) is 8.57. The molecule has 1 fully saturated rings. The van der Waals surface area contributed by atoms with Gasteiger partial charge in [0.25, 0.3) is 11.5 Å². The minimum atomic E-state index is -0.350. The van der Waals surface area contributed by atoms with Crippen molar-refractivity contribution >= 4 is 33.5 Å². The lowest BCUT2D eigenvalue weighted by atomic mass is 10.1. The molecule has 10 nitrogen and oxygen atoms in total. The number of nitrogen functional groups attached to an aromatic ring is 1. The first-order valence-corrected chi connectivity index (χ1v) is 11.5. The standard InChI is InChI=1S/C25H28N6O4/c1-34-12-11-30-7-9-31(10-8-30)25(33)16-13-15-19(14-20(16)35-2)28-22(21(15)26)23-24(32)29-18-6-4-3-5-17(18)27-23/h3-6,13-14,28H,7-12,26H2,1-2H3,(H,29,32). The van der Waals surface area contributed by atoms with Crippen molar-refractivity contribution in [3.8, 4) is 17.1 Å². The molecule has 5 rings (SSSR count). The van der Waals surface area contributed by atoms with Crippen LogP contribution in [0.25, 0.3) is 33.3 Å². The molecule has 0 unspecified atom stereocenters. The van der Waals surface area contributed by atoms with Gasteiger partial charge in [-0.2, -0.15) is 0 Å². The predicted molar refractivity (Wildman–Crippen MR) is 135 cm³/mol. The van der Waals surface area contributed by atoms with Gasteiger partial charge in [0.1, 0.15) is 5.75 Å². The van der Waals surface area contributed by atoms with Crippen molar-refractivity contribution in [2.75, 3.05) is 59.3 Å². The third-order valence-corrected chi connectivity index (χ3v) is 6.50. The SMILES string of the molecule is COCCN1CCN(C(=O)c2cc3c(N)c(-c4nc5ccccc5[nH]c4=O)[nH]c3cc2OC)CC1. The number of methoxy groups -OCH3 is 2. The zero-order chi connectivity index (χ0) is 24.5. The second-order valence-corrected chi connectivity index (χ2v) is 8.57. The zero-order valence-corrected chi connectivity index (χ0v) is 19.8. The van der Waals surface area contributed by atoms with Crippen LogP contribution in [0.2, 0.25) is 0 Å². The number of fused-ring (bicyclic) bond motifs is 2. The number of hydrogen-bond acceptors (Lipinski definition) is 7. The zero-order valence-electron chi connectivity index (χ0n) is 19.8. The van der Waals surface area contributed by atoms with Gasteiger partial charge in [-0.1, -0.05) is 12.1 Å². The lowest BCUT2D eigenvalue weighted by Crippen LogP contribution is -2.49. The number of para-hydroxylation sites is 2. The summed E-state index contributed by atoms with van der Waals surface area (Å²) in [5, 5.41) is 0.636. The van der Waals surface area contributed by atoms with Crippen LogP contribution in [0, 0.1) is 0 Å². The molecule has 0 bridgehead atoms. The van der Waals surface area contributed by atoms with Crippen LogP contribution in [-0.2, 0) is 4.74 Å². The molecule has 0 spiro atoms. The van der Waals surface area contributed by atoms with Crippen molar-refractivity contribution in [2.45, 2.75) is 0 Å². The Balaban J connectivity index is 1.50. The number of rotatable bonds is 6. The summed E-state index contributed by atoms with van der Waals surface area (Å²) in [5.41, 5.74) is 9.47. The van der Waals surface area contributed by atoms with Crippen LogP contribution in [0.15, 0.2) is 41.2 Å². The van der Waals surface area contributed by atoms with E-state index in [2.05, 4.69) is 19.9 Å². The molecule has 35 heavy (non-hydrogen) atoms. The summed E-state index contributed by atoms with van der Waals surface area (Å²) in [6, 6.07) is 10.8. The van der Waals surface area contributed by atoms with Gasteiger partial charge in [-0.15, -0.1) is 0 Å². The van der Waals surface area contributed by atoms with Gasteiger partial charge in [0.15, 0.2) is 5.69 Å². The molecule has 4 aromatic rings. The van der Waals surface area contributed by atoms with E-state index in [1.165, 1.54) is 7.11 Å². The van der Waals surface area contributed by atoms with Crippen LogP contribution >= 0.6 is 0 Å². The van der Waals surface area contributed by atoms with Crippen LogP contribution in [0.4, 0.5) is 5.69 Å². The van der Waals surface area contributed by atoms with Crippen molar-refractivity contribution in [1.82, 2.24) is 24.8 Å². The number of nitrogens with zero attached hydrogens (tertiary/aromatic N) is 3. The van der Waals surface area contributed by atoms with E-state index in [4.69, 9.17) is 15.2 Å². The summed E-state index contributed by atoms with van der Waals surface area (Å²) in [6.45, 7) is 4.32. The molecule has 182 valence electrons. The second kappa shape index (κ2) is 9.40. The normalized spacial score (nSPS) is 14.6. The molecule has 10 heteroatoms. The number of benzene rings is 2. The Morgan fingerprint density at radius 1 is 1.09 bits per heavy atom. The Hall–Kier alpha value is -3.89. The molecule has 0 atom stereocenters. The number of H-pyrrole nitrogens is 2. The molecular formula is C25H28N6O4. The average molecular weight is 477 g/mol. The molecule has 2 aromatic heterocycles. The first kappa shape index (κ1) is 22.9. The third-order valence-electron chi connectivity index (χ3n) is 6.50. The van der Waals surface area contributed by atoms with Gasteiger partial charge in [-0.05, 0) is 18.2 Å². The number of carbonyl (C=O) groups is 1. The molecule has 0 saturated carbocycles. The average Bonchev–Trinajstić information content (AvgIpc) is 3.21. The highest BCUT2D eigenvalue weighted by Crippen LogP contribution is 2.35. The highest BCUT2D eigenvalue weighted by Gasteiger charge is 2.26. The summed E-state index contributed by atoms with van der Waals surface area (Å²) < 4.78 is 10.7. The molecule has 2 aromatic carbocycles. The van der Waals surface area contributed by atoms with Crippen LogP contribution in [-0.4, -0.2) is 84.2 Å². The summed E-state index contributed by atoms with van der Waals surface area (Å²) in [4.78, 5) is 40.9. The van der Waals surface area contributed by atoms with Crippen molar-refractivity contribution in [3.63, 3.8) is 0 Å². The topological polar surface area (TPSA) is 130 Å². The van der Waals surface area contributed by atoms with E-state index in [1.807, 2.05) is 23.1 Å². The van der Waals surface area contributed by atoms with E-state index in [1.54, 1.807) is 25.3 Å². The molecule has 1 aliphatic heterocycles. The van der Waals surface area contributed by atoms with E-state index in [9.17, 15) is 9.59 Å². The van der Waals surface area contributed by atoms with Gasteiger partial charge in [-0.25, -0.2) is 4.98 Å². The monoisotopic (exact) mass is 476 g/mol. The Morgan fingerprint density at radius 2 is 1.86 bits per heavy atom. The Bertz CT molecular complexity index is 1450. The molecule has 1 aliphatic rings. The molecule has 1 amide bonds. The largest absolute Gasteiger partial charge is 0.496 e. The fourth-order valence-electron chi connectivity index (χ4n) is 4.53. The number of anilines is 1. The van der Waals surface area contributed by atoms with Gasteiger partial charge in [0.2, 0.25) is 0 Å². The van der Waals surface area contributed by atoms with Crippen molar-refractivity contribution < 1.29 is 14.3 Å².